The summed E-state index contributed by atoms with van der Waals surface area (Å²) in [7, 11) is 0. The van der Waals surface area contributed by atoms with E-state index >= 15 is 0 Å². The van der Waals surface area contributed by atoms with Gasteiger partial charge in [0.25, 0.3) is 0 Å². The Morgan fingerprint density at radius 3 is 2.86 bits per heavy atom. The highest BCUT2D eigenvalue weighted by atomic mass is 35.5. The van der Waals surface area contributed by atoms with E-state index in [0.717, 1.165) is 11.3 Å². The zero-order chi connectivity index (χ0) is 14.8. The molecule has 1 N–H and O–H groups in total. The second kappa shape index (κ2) is 5.58. The number of amides is 1. The number of carbonyl (C=O) groups is 2. The summed E-state index contributed by atoms with van der Waals surface area (Å²) in [6.45, 7) is 0. The van der Waals surface area contributed by atoms with Crippen LogP contribution in [-0.2, 0) is 11.2 Å². The Labute approximate surface area is 126 Å². The van der Waals surface area contributed by atoms with Crippen LogP contribution in [0.3, 0.4) is 0 Å². The van der Waals surface area contributed by atoms with Gasteiger partial charge in [0.05, 0.1) is 10.6 Å². The van der Waals surface area contributed by atoms with Crippen LogP contribution < -0.4 is 10.1 Å². The lowest BCUT2D eigenvalue weighted by molar-refractivity contribution is -0.116. The predicted octanol–water partition coefficient (Wildman–Crippen LogP) is 3.83. The standard InChI is InChI=1S/C16H12ClNO3/c17-13-3-1-2-11(9-19)16(13)21-12-5-6-14-10(8-12)4-7-15(20)18-14/h1-3,5-6,8-9H,4,7H2,(H,18,20). The third-order valence-electron chi connectivity index (χ3n) is 3.32. The van der Waals surface area contributed by atoms with E-state index in [1.54, 1.807) is 30.3 Å². The quantitative estimate of drug-likeness (QED) is 0.877. The third kappa shape index (κ3) is 2.76. The molecule has 0 saturated heterocycles. The average molecular weight is 302 g/mol. The van der Waals surface area contributed by atoms with Gasteiger partial charge in [-0.25, -0.2) is 0 Å². The molecule has 0 spiro atoms. The summed E-state index contributed by atoms with van der Waals surface area (Å²) in [6.07, 6.45) is 1.84. The minimum absolute atomic E-state index is 0.0190. The van der Waals surface area contributed by atoms with Crippen LogP contribution in [0.4, 0.5) is 5.69 Å². The van der Waals surface area contributed by atoms with Gasteiger partial charge in [-0.3, -0.25) is 9.59 Å². The molecule has 3 rings (SSSR count). The van der Waals surface area contributed by atoms with Crippen molar-refractivity contribution in [3.63, 3.8) is 0 Å². The molecule has 4 nitrogen and oxygen atoms in total. The lowest BCUT2D eigenvalue weighted by Crippen LogP contribution is -2.18. The van der Waals surface area contributed by atoms with Crippen molar-refractivity contribution in [1.29, 1.82) is 0 Å². The Balaban J connectivity index is 1.93. The molecule has 0 radical (unpaired) electrons. The highest BCUT2D eigenvalue weighted by molar-refractivity contribution is 6.32. The minimum Gasteiger partial charge on any atom is -0.455 e. The first-order chi connectivity index (χ1) is 10.2. The van der Waals surface area contributed by atoms with E-state index in [2.05, 4.69) is 5.32 Å². The van der Waals surface area contributed by atoms with Gasteiger partial charge < -0.3 is 10.1 Å². The molecular formula is C16H12ClNO3. The van der Waals surface area contributed by atoms with Crippen molar-refractivity contribution >= 4 is 29.5 Å². The number of aldehydes is 1. The van der Waals surface area contributed by atoms with E-state index in [1.165, 1.54) is 0 Å². The van der Waals surface area contributed by atoms with E-state index in [1.807, 2.05) is 6.07 Å². The van der Waals surface area contributed by atoms with Gasteiger partial charge >= 0.3 is 0 Å². The molecule has 1 aliphatic rings. The number of ether oxygens (including phenoxy) is 1. The molecule has 0 bridgehead atoms. The molecule has 1 heterocycles. The van der Waals surface area contributed by atoms with Crippen LogP contribution in [0.5, 0.6) is 11.5 Å². The predicted molar refractivity (Wildman–Crippen MR) is 80.3 cm³/mol. The molecule has 2 aromatic carbocycles. The van der Waals surface area contributed by atoms with E-state index in [0.29, 0.717) is 41.2 Å². The van der Waals surface area contributed by atoms with Crippen molar-refractivity contribution in [3.8, 4) is 11.5 Å². The normalized spacial score (nSPS) is 13.3. The number of benzene rings is 2. The summed E-state index contributed by atoms with van der Waals surface area (Å²) in [5.41, 5.74) is 2.20. The fourth-order valence-electron chi connectivity index (χ4n) is 2.27. The van der Waals surface area contributed by atoms with E-state index in [4.69, 9.17) is 16.3 Å². The van der Waals surface area contributed by atoms with Crippen LogP contribution in [0.1, 0.15) is 22.3 Å². The van der Waals surface area contributed by atoms with Crippen molar-refractivity contribution in [3.05, 3.63) is 52.5 Å². The first kappa shape index (κ1) is 13.6. The van der Waals surface area contributed by atoms with Crippen LogP contribution in [0.2, 0.25) is 5.02 Å². The van der Waals surface area contributed by atoms with Gasteiger partial charge in [-0.15, -0.1) is 0 Å². The summed E-state index contributed by atoms with van der Waals surface area (Å²) in [6, 6.07) is 10.4. The topological polar surface area (TPSA) is 55.4 Å². The van der Waals surface area contributed by atoms with Gasteiger partial charge in [0, 0.05) is 12.1 Å². The summed E-state index contributed by atoms with van der Waals surface area (Å²) >= 11 is 6.08. The maximum atomic E-state index is 11.3. The molecule has 0 atom stereocenters. The minimum atomic E-state index is 0.0190. The molecule has 2 aromatic rings. The van der Waals surface area contributed by atoms with Crippen LogP contribution in [0.15, 0.2) is 36.4 Å². The molecular weight excluding hydrogens is 290 g/mol. The highest BCUT2D eigenvalue weighted by Crippen LogP contribution is 2.34. The number of aryl methyl sites for hydroxylation is 1. The fraction of sp³-hybridized carbons (Fsp3) is 0.125. The Morgan fingerprint density at radius 1 is 1.19 bits per heavy atom. The van der Waals surface area contributed by atoms with Crippen molar-refractivity contribution in [1.82, 2.24) is 0 Å². The molecule has 106 valence electrons. The van der Waals surface area contributed by atoms with Gasteiger partial charge in [0.15, 0.2) is 12.0 Å². The van der Waals surface area contributed by atoms with Crippen LogP contribution in [0, 0.1) is 0 Å². The number of anilines is 1. The second-order valence-electron chi connectivity index (χ2n) is 4.75. The highest BCUT2D eigenvalue weighted by Gasteiger charge is 2.16. The molecule has 0 aliphatic carbocycles. The number of carbonyl (C=O) groups excluding carboxylic acids is 2. The summed E-state index contributed by atoms with van der Waals surface area (Å²) in [5, 5.41) is 3.19. The lowest BCUT2D eigenvalue weighted by atomic mass is 10.0. The second-order valence-corrected chi connectivity index (χ2v) is 5.15. The number of hydrogen-bond acceptors (Lipinski definition) is 3. The van der Waals surface area contributed by atoms with Crippen LogP contribution in [-0.4, -0.2) is 12.2 Å². The lowest BCUT2D eigenvalue weighted by Gasteiger charge is -2.18. The smallest absolute Gasteiger partial charge is 0.224 e. The Morgan fingerprint density at radius 2 is 2.05 bits per heavy atom. The summed E-state index contributed by atoms with van der Waals surface area (Å²) in [5.74, 6) is 0.945. The van der Waals surface area contributed by atoms with Crippen molar-refractivity contribution in [2.24, 2.45) is 0 Å². The number of halogens is 1. The number of nitrogens with one attached hydrogen (secondary N) is 1. The van der Waals surface area contributed by atoms with Crippen LogP contribution in [0.25, 0.3) is 0 Å². The Kier molecular flexibility index (Phi) is 3.62. The fourth-order valence-corrected chi connectivity index (χ4v) is 2.49. The number of fused-ring (bicyclic) bond motifs is 1. The van der Waals surface area contributed by atoms with Gasteiger partial charge in [0.1, 0.15) is 5.75 Å². The Hall–Kier alpha value is -2.33. The molecule has 0 saturated carbocycles. The summed E-state index contributed by atoms with van der Waals surface area (Å²) < 4.78 is 5.75. The molecule has 0 unspecified atom stereocenters. The molecule has 0 fully saturated rings. The summed E-state index contributed by atoms with van der Waals surface area (Å²) in [4.78, 5) is 22.4. The Bertz CT molecular complexity index is 727. The SMILES string of the molecule is O=Cc1cccc(Cl)c1Oc1ccc2c(c1)CCC(=O)N2. The van der Waals surface area contributed by atoms with E-state index in [9.17, 15) is 9.59 Å². The molecule has 5 heteroatoms. The van der Waals surface area contributed by atoms with Gasteiger partial charge in [-0.2, -0.15) is 0 Å². The van der Waals surface area contributed by atoms with Gasteiger partial charge in [0.2, 0.25) is 5.91 Å². The van der Waals surface area contributed by atoms with Gasteiger partial charge in [-0.1, -0.05) is 17.7 Å². The van der Waals surface area contributed by atoms with Crippen molar-refractivity contribution in [2.45, 2.75) is 12.8 Å². The zero-order valence-electron chi connectivity index (χ0n) is 11.1. The van der Waals surface area contributed by atoms with Crippen molar-refractivity contribution in [2.75, 3.05) is 5.32 Å². The third-order valence-corrected chi connectivity index (χ3v) is 3.61. The first-order valence-electron chi connectivity index (χ1n) is 6.51. The van der Waals surface area contributed by atoms with Crippen molar-refractivity contribution < 1.29 is 14.3 Å². The molecule has 1 aliphatic heterocycles. The molecule has 0 aromatic heterocycles. The number of hydrogen-bond donors (Lipinski definition) is 1. The number of rotatable bonds is 3. The maximum absolute atomic E-state index is 11.3. The first-order valence-corrected chi connectivity index (χ1v) is 6.89. The largest absolute Gasteiger partial charge is 0.455 e. The van der Waals surface area contributed by atoms with Gasteiger partial charge in [-0.05, 0) is 42.3 Å². The monoisotopic (exact) mass is 301 g/mol. The average Bonchev–Trinajstić information content (AvgIpc) is 2.49. The number of para-hydroxylation sites is 1. The van der Waals surface area contributed by atoms with E-state index in [-0.39, 0.29) is 5.91 Å². The van der Waals surface area contributed by atoms with E-state index < -0.39 is 0 Å². The molecule has 1 amide bonds. The molecule has 21 heavy (non-hydrogen) atoms. The maximum Gasteiger partial charge on any atom is 0.224 e. The van der Waals surface area contributed by atoms with Crippen LogP contribution >= 0.6 is 11.6 Å². The zero-order valence-corrected chi connectivity index (χ0v) is 11.8.